The first-order valence-electron chi connectivity index (χ1n) is 30.1. The minimum absolute atomic E-state index is 0.0800. The molecule has 0 rings (SSSR count). The summed E-state index contributed by atoms with van der Waals surface area (Å²) >= 11 is 0. The molecule has 0 aliphatic rings. The second kappa shape index (κ2) is 57.9. The lowest BCUT2D eigenvalue weighted by Crippen LogP contribution is -2.30. The highest BCUT2D eigenvalue weighted by molar-refractivity contribution is 5.71. The van der Waals surface area contributed by atoms with Crippen LogP contribution >= 0.6 is 0 Å². The fourth-order valence-corrected chi connectivity index (χ4v) is 8.70. The Labute approximate surface area is 428 Å². The summed E-state index contributed by atoms with van der Waals surface area (Å²) in [6, 6.07) is 0. The third-order valence-corrected chi connectivity index (χ3v) is 13.3. The fourth-order valence-electron chi connectivity index (χ4n) is 8.70. The lowest BCUT2D eigenvalue weighted by atomic mass is 10.1. The van der Waals surface area contributed by atoms with E-state index in [-0.39, 0.29) is 31.1 Å². The molecule has 0 aliphatic carbocycles. The molecule has 0 aliphatic heterocycles. The Balaban J connectivity index is 4.38. The van der Waals surface area contributed by atoms with E-state index in [0.29, 0.717) is 19.3 Å². The maximum atomic E-state index is 12.9. The normalized spacial score (nSPS) is 12.3. The molecule has 402 valence electrons. The zero-order valence-electron chi connectivity index (χ0n) is 46.1. The molecule has 0 amide bonds. The summed E-state index contributed by atoms with van der Waals surface area (Å²) in [4.78, 5) is 38.2. The van der Waals surface area contributed by atoms with Gasteiger partial charge in [-0.1, -0.05) is 243 Å². The van der Waals surface area contributed by atoms with Gasteiger partial charge in [0.15, 0.2) is 6.10 Å². The van der Waals surface area contributed by atoms with Crippen molar-refractivity contribution in [2.75, 3.05) is 13.2 Å². The molecule has 1 atom stereocenters. The van der Waals surface area contributed by atoms with Crippen molar-refractivity contribution in [3.8, 4) is 0 Å². The molecule has 0 N–H and O–H groups in total. The molecule has 0 aromatic heterocycles. The van der Waals surface area contributed by atoms with Crippen molar-refractivity contribution >= 4 is 17.9 Å². The van der Waals surface area contributed by atoms with E-state index in [4.69, 9.17) is 14.2 Å². The monoisotopic (exact) mass is 967 g/mol. The zero-order valence-corrected chi connectivity index (χ0v) is 46.1. The first kappa shape index (κ1) is 66.4. The van der Waals surface area contributed by atoms with Crippen LogP contribution in [0.25, 0.3) is 0 Å². The molecule has 0 heterocycles. The van der Waals surface area contributed by atoms with Crippen molar-refractivity contribution in [3.63, 3.8) is 0 Å². The molecule has 0 saturated carbocycles. The van der Waals surface area contributed by atoms with Crippen LogP contribution in [0.5, 0.6) is 0 Å². The number of hydrogen-bond acceptors (Lipinski definition) is 6. The van der Waals surface area contributed by atoms with Gasteiger partial charge in [0.25, 0.3) is 0 Å². The number of carbonyl (C=O) groups excluding carboxylic acids is 3. The van der Waals surface area contributed by atoms with E-state index < -0.39 is 6.10 Å². The standard InChI is InChI=1S/C63H114O6/c1-4-7-10-13-16-19-22-25-28-30-32-35-38-41-44-47-50-53-56-62(65)68-59-60(58-67-61(64)55-52-49-46-43-40-37-34-27-24-21-18-15-12-9-6-3)69-63(66)57-54-51-48-45-42-39-36-33-31-29-26-23-20-17-14-11-8-5-2/h19,22,27-31,34,60H,4-18,20-21,23-26,32-33,35-59H2,1-3H3/b22-19-,30-28-,31-29-,34-27-. The highest BCUT2D eigenvalue weighted by Crippen LogP contribution is 2.16. The molecule has 0 fully saturated rings. The summed E-state index contributed by atoms with van der Waals surface area (Å²) in [6.45, 7) is 6.64. The van der Waals surface area contributed by atoms with Crippen molar-refractivity contribution in [3.05, 3.63) is 48.6 Å². The van der Waals surface area contributed by atoms with Crippen molar-refractivity contribution in [2.45, 2.75) is 322 Å². The largest absolute Gasteiger partial charge is 0.462 e. The third kappa shape index (κ3) is 56.2. The van der Waals surface area contributed by atoms with Crippen LogP contribution in [-0.4, -0.2) is 37.2 Å². The van der Waals surface area contributed by atoms with Crippen LogP contribution in [0, 0.1) is 0 Å². The van der Waals surface area contributed by atoms with Crippen molar-refractivity contribution in [2.24, 2.45) is 0 Å². The van der Waals surface area contributed by atoms with Crippen LogP contribution in [0.2, 0.25) is 0 Å². The first-order chi connectivity index (χ1) is 34.0. The van der Waals surface area contributed by atoms with Crippen molar-refractivity contribution in [1.82, 2.24) is 0 Å². The van der Waals surface area contributed by atoms with Gasteiger partial charge in [0.1, 0.15) is 13.2 Å². The van der Waals surface area contributed by atoms with Gasteiger partial charge in [-0.15, -0.1) is 0 Å². The van der Waals surface area contributed by atoms with Gasteiger partial charge in [0.05, 0.1) is 0 Å². The number of esters is 3. The summed E-state index contributed by atoms with van der Waals surface area (Å²) in [7, 11) is 0. The third-order valence-electron chi connectivity index (χ3n) is 13.3. The maximum Gasteiger partial charge on any atom is 0.306 e. The summed E-state index contributed by atoms with van der Waals surface area (Å²) in [5.74, 6) is -0.884. The van der Waals surface area contributed by atoms with Gasteiger partial charge in [-0.25, -0.2) is 0 Å². The topological polar surface area (TPSA) is 78.9 Å². The first-order valence-corrected chi connectivity index (χ1v) is 30.1. The average molecular weight is 968 g/mol. The highest BCUT2D eigenvalue weighted by atomic mass is 16.6. The Kier molecular flexibility index (Phi) is 55.7. The van der Waals surface area contributed by atoms with E-state index in [9.17, 15) is 14.4 Å². The molecule has 6 nitrogen and oxygen atoms in total. The van der Waals surface area contributed by atoms with Crippen molar-refractivity contribution in [1.29, 1.82) is 0 Å². The van der Waals surface area contributed by atoms with E-state index in [1.165, 1.54) is 199 Å². The van der Waals surface area contributed by atoms with Gasteiger partial charge in [0, 0.05) is 19.3 Å². The Morgan fingerprint density at radius 1 is 0.290 bits per heavy atom. The minimum Gasteiger partial charge on any atom is -0.462 e. The van der Waals surface area contributed by atoms with E-state index in [1.807, 2.05) is 0 Å². The smallest absolute Gasteiger partial charge is 0.306 e. The van der Waals surface area contributed by atoms with Gasteiger partial charge in [-0.2, -0.15) is 0 Å². The predicted octanol–water partition coefficient (Wildman–Crippen LogP) is 20.2. The van der Waals surface area contributed by atoms with E-state index in [1.54, 1.807) is 0 Å². The molecule has 6 heteroatoms. The summed E-state index contributed by atoms with van der Waals surface area (Å²) in [6.07, 6.45) is 71.0. The van der Waals surface area contributed by atoms with Gasteiger partial charge < -0.3 is 14.2 Å². The molecule has 0 saturated heterocycles. The van der Waals surface area contributed by atoms with Gasteiger partial charge in [-0.05, 0) is 103 Å². The lowest BCUT2D eigenvalue weighted by molar-refractivity contribution is -0.167. The highest BCUT2D eigenvalue weighted by Gasteiger charge is 2.19. The second-order valence-electron chi connectivity index (χ2n) is 20.2. The number of carbonyl (C=O) groups is 3. The summed E-state index contributed by atoms with van der Waals surface area (Å²) < 4.78 is 16.9. The molecule has 0 radical (unpaired) electrons. The van der Waals surface area contributed by atoms with Crippen LogP contribution in [0.3, 0.4) is 0 Å². The Morgan fingerprint density at radius 2 is 0.522 bits per heavy atom. The lowest BCUT2D eigenvalue weighted by Gasteiger charge is -2.18. The Morgan fingerprint density at radius 3 is 0.826 bits per heavy atom. The fraction of sp³-hybridized carbons (Fsp3) is 0.825. The maximum absolute atomic E-state index is 12.9. The molecule has 0 bridgehead atoms. The number of ether oxygens (including phenoxy) is 3. The van der Waals surface area contributed by atoms with Crippen molar-refractivity contribution < 1.29 is 28.6 Å². The van der Waals surface area contributed by atoms with Crippen LogP contribution in [0.15, 0.2) is 48.6 Å². The molecular formula is C63H114O6. The van der Waals surface area contributed by atoms with Crippen LogP contribution in [0.1, 0.15) is 316 Å². The molecule has 69 heavy (non-hydrogen) atoms. The van der Waals surface area contributed by atoms with Crippen LogP contribution in [-0.2, 0) is 28.6 Å². The van der Waals surface area contributed by atoms with E-state index in [2.05, 4.69) is 69.4 Å². The SMILES string of the molecule is CCCCCC/C=C\C/C=C\CCCCCCCCCC(=O)OCC(COC(=O)CCCCCCC/C=C\CCCCCCCC)OC(=O)CCCCCCCCC/C=C\CCCCCCCCC. The van der Waals surface area contributed by atoms with E-state index >= 15 is 0 Å². The van der Waals surface area contributed by atoms with E-state index in [0.717, 1.165) is 77.0 Å². The quantitative estimate of drug-likeness (QED) is 0.0262. The Hall–Kier alpha value is -2.63. The van der Waals surface area contributed by atoms with Gasteiger partial charge in [-0.3, -0.25) is 14.4 Å². The number of allylic oxidation sites excluding steroid dienone is 8. The average Bonchev–Trinajstić information content (AvgIpc) is 3.35. The minimum atomic E-state index is -0.782. The molecule has 1 unspecified atom stereocenters. The molecular weight excluding hydrogens is 853 g/mol. The second-order valence-corrected chi connectivity index (χ2v) is 20.2. The summed E-state index contributed by atoms with van der Waals surface area (Å²) in [5.41, 5.74) is 0. The van der Waals surface area contributed by atoms with Gasteiger partial charge in [0.2, 0.25) is 0 Å². The van der Waals surface area contributed by atoms with Crippen LogP contribution < -0.4 is 0 Å². The number of hydrogen-bond donors (Lipinski definition) is 0. The van der Waals surface area contributed by atoms with Crippen LogP contribution in [0.4, 0.5) is 0 Å². The predicted molar refractivity (Wildman–Crippen MR) is 298 cm³/mol. The number of rotatable bonds is 55. The summed E-state index contributed by atoms with van der Waals surface area (Å²) in [5, 5.41) is 0. The Bertz CT molecular complexity index is 1200. The number of unbranched alkanes of at least 4 members (excludes halogenated alkanes) is 36. The molecule has 0 spiro atoms. The molecule has 0 aromatic carbocycles. The zero-order chi connectivity index (χ0) is 50.0. The van der Waals surface area contributed by atoms with Gasteiger partial charge >= 0.3 is 17.9 Å². The molecule has 0 aromatic rings.